The summed E-state index contributed by atoms with van der Waals surface area (Å²) >= 11 is 0. The van der Waals surface area contributed by atoms with Gasteiger partial charge >= 0.3 is 0 Å². The molecular weight excluding hydrogens is 363 g/mol. The van der Waals surface area contributed by atoms with Crippen molar-refractivity contribution in [3.8, 4) is 11.5 Å². The Morgan fingerprint density at radius 2 is 1.93 bits per heavy atom. The minimum absolute atomic E-state index is 0.0607. The number of hydrogen-bond donors (Lipinski definition) is 1. The number of benzene rings is 2. The van der Waals surface area contributed by atoms with Crippen molar-refractivity contribution < 1.29 is 23.5 Å². The number of carbonyl (C=O) groups excluding carboxylic acids is 2. The molecule has 0 bridgehead atoms. The lowest BCUT2D eigenvalue weighted by Gasteiger charge is -2.27. The lowest BCUT2D eigenvalue weighted by Crippen LogP contribution is -2.39. The average molecular weight is 384 g/mol. The van der Waals surface area contributed by atoms with Crippen molar-refractivity contribution in [2.45, 2.75) is 18.9 Å². The van der Waals surface area contributed by atoms with Crippen LogP contribution in [0, 0.1) is 5.82 Å². The highest BCUT2D eigenvalue weighted by molar-refractivity contribution is 5.96. The van der Waals surface area contributed by atoms with Gasteiger partial charge in [0, 0.05) is 12.1 Å². The van der Waals surface area contributed by atoms with Crippen molar-refractivity contribution >= 4 is 11.8 Å². The predicted octanol–water partition coefficient (Wildman–Crippen LogP) is 2.69. The summed E-state index contributed by atoms with van der Waals surface area (Å²) in [6, 6.07) is 11.1. The second kappa shape index (κ2) is 7.88. The third-order valence-electron chi connectivity index (χ3n) is 5.01. The van der Waals surface area contributed by atoms with Gasteiger partial charge in [-0.05, 0) is 48.7 Å². The molecule has 0 saturated carbocycles. The van der Waals surface area contributed by atoms with Crippen LogP contribution in [-0.4, -0.2) is 43.0 Å². The highest BCUT2D eigenvalue weighted by atomic mass is 19.1. The largest absolute Gasteiger partial charge is 0.486 e. The fourth-order valence-electron chi connectivity index (χ4n) is 3.67. The van der Waals surface area contributed by atoms with Gasteiger partial charge in [0.15, 0.2) is 11.5 Å². The molecule has 2 amide bonds. The van der Waals surface area contributed by atoms with Crippen molar-refractivity contribution in [3.05, 3.63) is 59.4 Å². The van der Waals surface area contributed by atoms with E-state index in [4.69, 9.17) is 9.47 Å². The molecule has 2 aliphatic rings. The summed E-state index contributed by atoms with van der Waals surface area (Å²) in [6.07, 6.45) is 1.74. The molecule has 0 aliphatic carbocycles. The smallest absolute Gasteiger partial charge is 0.251 e. The first-order valence-electron chi connectivity index (χ1n) is 9.34. The van der Waals surface area contributed by atoms with E-state index < -0.39 is 11.7 Å². The maximum Gasteiger partial charge on any atom is 0.251 e. The molecule has 6 nitrogen and oxygen atoms in total. The number of halogens is 1. The summed E-state index contributed by atoms with van der Waals surface area (Å²) in [7, 11) is 0. The van der Waals surface area contributed by atoms with Crippen molar-refractivity contribution in [2.75, 3.05) is 26.3 Å². The molecule has 1 N–H and O–H groups in total. The van der Waals surface area contributed by atoms with Crippen molar-refractivity contribution in [1.82, 2.24) is 10.2 Å². The molecule has 1 unspecified atom stereocenters. The van der Waals surface area contributed by atoms with Crippen LogP contribution in [0.2, 0.25) is 0 Å². The van der Waals surface area contributed by atoms with E-state index in [2.05, 4.69) is 5.32 Å². The van der Waals surface area contributed by atoms with Gasteiger partial charge in [-0.25, -0.2) is 4.39 Å². The lowest BCUT2D eigenvalue weighted by molar-refractivity contribution is -0.131. The first-order valence-corrected chi connectivity index (χ1v) is 9.34. The summed E-state index contributed by atoms with van der Waals surface area (Å²) < 4.78 is 24.4. The van der Waals surface area contributed by atoms with Crippen LogP contribution in [-0.2, 0) is 4.79 Å². The van der Waals surface area contributed by atoms with Gasteiger partial charge in [-0.1, -0.05) is 12.1 Å². The van der Waals surface area contributed by atoms with Crippen LogP contribution in [0.15, 0.2) is 42.5 Å². The SMILES string of the molecule is O=C(NCC(=O)N1CCCC1c1ccc2c(c1)OCCO2)c1cccc(F)c1. The van der Waals surface area contributed by atoms with Gasteiger partial charge in [-0.2, -0.15) is 0 Å². The maximum atomic E-state index is 13.3. The minimum atomic E-state index is -0.489. The van der Waals surface area contributed by atoms with E-state index in [0.717, 1.165) is 24.5 Å². The summed E-state index contributed by atoms with van der Waals surface area (Å²) in [4.78, 5) is 26.6. The van der Waals surface area contributed by atoms with Gasteiger partial charge < -0.3 is 19.7 Å². The van der Waals surface area contributed by atoms with E-state index in [9.17, 15) is 14.0 Å². The summed E-state index contributed by atoms with van der Waals surface area (Å²) in [6.45, 7) is 1.55. The first-order chi connectivity index (χ1) is 13.6. The number of amides is 2. The van der Waals surface area contributed by atoms with Crippen LogP contribution in [0.5, 0.6) is 11.5 Å². The molecule has 2 aliphatic heterocycles. The topological polar surface area (TPSA) is 67.9 Å². The molecular formula is C21H21FN2O4. The van der Waals surface area contributed by atoms with E-state index in [0.29, 0.717) is 31.3 Å². The third kappa shape index (κ3) is 3.78. The van der Waals surface area contributed by atoms with E-state index >= 15 is 0 Å². The molecule has 0 radical (unpaired) electrons. The Labute approximate surface area is 162 Å². The first kappa shape index (κ1) is 18.3. The van der Waals surface area contributed by atoms with Gasteiger partial charge in [-0.3, -0.25) is 9.59 Å². The second-order valence-corrected chi connectivity index (χ2v) is 6.84. The van der Waals surface area contributed by atoms with Crippen LogP contribution in [0.1, 0.15) is 34.8 Å². The van der Waals surface area contributed by atoms with Crippen LogP contribution in [0.4, 0.5) is 4.39 Å². The number of likely N-dealkylation sites (tertiary alicyclic amines) is 1. The zero-order chi connectivity index (χ0) is 19.5. The van der Waals surface area contributed by atoms with Gasteiger partial charge in [-0.15, -0.1) is 0 Å². The monoisotopic (exact) mass is 384 g/mol. The van der Waals surface area contributed by atoms with Crippen LogP contribution < -0.4 is 14.8 Å². The molecule has 1 fully saturated rings. The number of rotatable bonds is 4. The summed E-state index contributed by atoms with van der Waals surface area (Å²) in [5.41, 5.74) is 1.18. The fraction of sp³-hybridized carbons (Fsp3) is 0.333. The number of carbonyl (C=O) groups is 2. The summed E-state index contributed by atoms with van der Waals surface area (Å²) in [5, 5.41) is 2.58. The fourth-order valence-corrected chi connectivity index (χ4v) is 3.67. The van der Waals surface area contributed by atoms with Gasteiger partial charge in [0.05, 0.1) is 12.6 Å². The highest BCUT2D eigenvalue weighted by Gasteiger charge is 2.31. The van der Waals surface area contributed by atoms with Gasteiger partial charge in [0.25, 0.3) is 5.91 Å². The van der Waals surface area contributed by atoms with Crippen LogP contribution in [0.25, 0.3) is 0 Å². The van der Waals surface area contributed by atoms with E-state index in [1.54, 1.807) is 4.90 Å². The zero-order valence-electron chi connectivity index (χ0n) is 15.3. The predicted molar refractivity (Wildman–Crippen MR) is 99.9 cm³/mol. The van der Waals surface area contributed by atoms with Gasteiger partial charge in [0.1, 0.15) is 19.0 Å². The standard InChI is InChI=1S/C21H21FN2O4/c22-16-4-1-3-15(11-16)21(26)23-13-20(25)24-8-2-5-17(24)14-6-7-18-19(12-14)28-10-9-27-18/h1,3-4,6-7,11-12,17H,2,5,8-10,13H2,(H,23,26). The Balaban J connectivity index is 1.41. The highest BCUT2D eigenvalue weighted by Crippen LogP contribution is 2.38. The number of ether oxygens (including phenoxy) is 2. The minimum Gasteiger partial charge on any atom is -0.486 e. The maximum absolute atomic E-state index is 13.3. The molecule has 2 aromatic carbocycles. The molecule has 4 rings (SSSR count). The molecule has 2 heterocycles. The third-order valence-corrected chi connectivity index (χ3v) is 5.01. The number of nitrogens with one attached hydrogen (secondary N) is 1. The van der Waals surface area contributed by atoms with Crippen LogP contribution >= 0.6 is 0 Å². The van der Waals surface area contributed by atoms with Crippen molar-refractivity contribution in [1.29, 1.82) is 0 Å². The number of hydrogen-bond acceptors (Lipinski definition) is 4. The number of nitrogens with zero attached hydrogens (tertiary/aromatic N) is 1. The quantitative estimate of drug-likeness (QED) is 0.880. The Kier molecular flexibility index (Phi) is 5.14. The Morgan fingerprint density at radius 3 is 2.75 bits per heavy atom. The van der Waals surface area contributed by atoms with E-state index in [1.165, 1.54) is 18.2 Å². The average Bonchev–Trinajstić information content (AvgIpc) is 3.21. The molecule has 7 heteroatoms. The molecule has 1 saturated heterocycles. The molecule has 0 aromatic heterocycles. The zero-order valence-corrected chi connectivity index (χ0v) is 15.3. The second-order valence-electron chi connectivity index (χ2n) is 6.84. The van der Waals surface area contributed by atoms with E-state index in [1.807, 2.05) is 18.2 Å². The molecule has 0 spiro atoms. The lowest BCUT2D eigenvalue weighted by atomic mass is 10.0. The molecule has 1 atom stereocenters. The van der Waals surface area contributed by atoms with Crippen molar-refractivity contribution in [3.63, 3.8) is 0 Å². The summed E-state index contributed by atoms with van der Waals surface area (Å²) in [5.74, 6) is 0.290. The Bertz CT molecular complexity index is 902. The molecule has 2 aromatic rings. The molecule has 28 heavy (non-hydrogen) atoms. The van der Waals surface area contributed by atoms with Gasteiger partial charge in [0.2, 0.25) is 5.91 Å². The molecule has 146 valence electrons. The van der Waals surface area contributed by atoms with Crippen LogP contribution in [0.3, 0.4) is 0 Å². The van der Waals surface area contributed by atoms with Crippen molar-refractivity contribution in [2.24, 2.45) is 0 Å². The number of fused-ring (bicyclic) bond motifs is 1. The van der Waals surface area contributed by atoms with E-state index in [-0.39, 0.29) is 24.1 Å². The Morgan fingerprint density at radius 1 is 1.11 bits per heavy atom. The normalized spacial score (nSPS) is 18.0. The Hall–Kier alpha value is -3.09.